The first kappa shape index (κ1) is 29.5. The standard InChI is InChI=1S/C29H36N6O6/c1-18(31-28(39)41-29(2,3)4)25-32-33-34-35(25)24(26(36)37)15-9-10-16-30-27(38)40-17-23-21-13-7-5-11-19(21)20-12-6-8-14-22(20)23/h5-8,11-14,18,23-24H,9-10,15-17H2,1-4H3,(H,30,38)(H,31,39)(H,36,37)/t18-,24-/m0/s1. The highest BCUT2D eigenvalue weighted by molar-refractivity contribution is 5.79. The Morgan fingerprint density at radius 3 is 2.24 bits per heavy atom. The Bertz CT molecular complexity index is 1340. The van der Waals surface area contributed by atoms with Gasteiger partial charge in [-0.1, -0.05) is 48.5 Å². The molecule has 0 fully saturated rings. The summed E-state index contributed by atoms with van der Waals surface area (Å²) in [5.41, 5.74) is 3.90. The number of carbonyl (C=O) groups is 3. The number of aliphatic carboxylic acids is 1. The Kier molecular flexibility index (Phi) is 9.21. The fourth-order valence-corrected chi connectivity index (χ4v) is 4.91. The van der Waals surface area contributed by atoms with Crippen molar-refractivity contribution in [3.8, 4) is 11.1 Å². The van der Waals surface area contributed by atoms with Crippen LogP contribution < -0.4 is 10.6 Å². The number of fused-ring (bicyclic) bond motifs is 3. The number of tetrazole rings is 1. The van der Waals surface area contributed by atoms with Crippen molar-refractivity contribution in [2.24, 2.45) is 0 Å². The third-order valence-corrected chi connectivity index (χ3v) is 6.74. The van der Waals surface area contributed by atoms with Crippen molar-refractivity contribution < 1.29 is 29.0 Å². The molecule has 0 aliphatic heterocycles. The van der Waals surface area contributed by atoms with E-state index in [0.717, 1.165) is 22.3 Å². The van der Waals surface area contributed by atoms with E-state index < -0.39 is 35.8 Å². The molecule has 41 heavy (non-hydrogen) atoms. The van der Waals surface area contributed by atoms with Gasteiger partial charge in [-0.05, 0) is 79.6 Å². The topological polar surface area (TPSA) is 158 Å². The largest absolute Gasteiger partial charge is 0.480 e. The first-order valence-electron chi connectivity index (χ1n) is 13.6. The Balaban J connectivity index is 1.24. The lowest BCUT2D eigenvalue weighted by molar-refractivity contribution is -0.141. The van der Waals surface area contributed by atoms with Gasteiger partial charge in [-0.3, -0.25) is 0 Å². The SMILES string of the molecule is C[C@H](NC(=O)OC(C)(C)C)c1nnnn1[C@@H](CCCCNC(=O)OCC1c2ccccc2-c2ccccc21)C(=O)O. The summed E-state index contributed by atoms with van der Waals surface area (Å²) in [5.74, 6) is -0.935. The molecule has 1 aliphatic rings. The molecule has 0 radical (unpaired) electrons. The summed E-state index contributed by atoms with van der Waals surface area (Å²) in [6.07, 6.45) is 0.0429. The van der Waals surface area contributed by atoms with Gasteiger partial charge < -0.3 is 25.2 Å². The summed E-state index contributed by atoms with van der Waals surface area (Å²) in [6.45, 7) is 7.41. The lowest BCUT2D eigenvalue weighted by Crippen LogP contribution is -2.35. The molecule has 3 N–H and O–H groups in total. The molecule has 218 valence electrons. The molecule has 2 atom stereocenters. The van der Waals surface area contributed by atoms with Gasteiger partial charge in [0, 0.05) is 12.5 Å². The maximum Gasteiger partial charge on any atom is 0.408 e. The molecule has 3 aromatic rings. The smallest absolute Gasteiger partial charge is 0.408 e. The molecule has 1 heterocycles. The molecular weight excluding hydrogens is 528 g/mol. The molecule has 1 aromatic heterocycles. The maximum atomic E-state index is 12.4. The summed E-state index contributed by atoms with van der Waals surface area (Å²) < 4.78 is 12.0. The zero-order chi connectivity index (χ0) is 29.6. The second-order valence-electron chi connectivity index (χ2n) is 11.0. The van der Waals surface area contributed by atoms with Gasteiger partial charge in [0.2, 0.25) is 0 Å². The minimum absolute atomic E-state index is 0.0258. The van der Waals surface area contributed by atoms with Crippen LogP contribution >= 0.6 is 0 Å². The van der Waals surface area contributed by atoms with Crippen molar-refractivity contribution in [3.63, 3.8) is 0 Å². The van der Waals surface area contributed by atoms with E-state index in [1.54, 1.807) is 27.7 Å². The van der Waals surface area contributed by atoms with Crippen LogP contribution in [0.2, 0.25) is 0 Å². The van der Waals surface area contributed by atoms with Crippen LogP contribution in [0.3, 0.4) is 0 Å². The Labute approximate surface area is 238 Å². The minimum atomic E-state index is -1.10. The number of hydrogen-bond acceptors (Lipinski definition) is 8. The second-order valence-corrected chi connectivity index (χ2v) is 11.0. The third-order valence-electron chi connectivity index (χ3n) is 6.74. The Morgan fingerprint density at radius 1 is 1.00 bits per heavy atom. The van der Waals surface area contributed by atoms with Crippen molar-refractivity contribution in [1.82, 2.24) is 30.8 Å². The molecule has 0 spiro atoms. The zero-order valence-corrected chi connectivity index (χ0v) is 23.7. The van der Waals surface area contributed by atoms with E-state index in [1.165, 1.54) is 4.68 Å². The van der Waals surface area contributed by atoms with Crippen molar-refractivity contribution in [2.45, 2.75) is 70.6 Å². The second kappa shape index (κ2) is 12.8. The molecule has 12 nitrogen and oxygen atoms in total. The van der Waals surface area contributed by atoms with Crippen molar-refractivity contribution >= 4 is 18.2 Å². The van der Waals surface area contributed by atoms with Gasteiger partial charge in [0.05, 0.1) is 6.04 Å². The fraction of sp³-hybridized carbons (Fsp3) is 0.448. The van der Waals surface area contributed by atoms with Crippen molar-refractivity contribution in [2.75, 3.05) is 13.2 Å². The van der Waals surface area contributed by atoms with Crippen molar-refractivity contribution in [3.05, 3.63) is 65.5 Å². The number of aromatic nitrogens is 4. The quantitative estimate of drug-likeness (QED) is 0.283. The average molecular weight is 565 g/mol. The first-order chi connectivity index (χ1) is 19.5. The molecule has 2 amide bonds. The molecule has 1 aliphatic carbocycles. The summed E-state index contributed by atoms with van der Waals surface area (Å²) in [6, 6.07) is 14.5. The monoisotopic (exact) mass is 564 g/mol. The van der Waals surface area contributed by atoms with Gasteiger partial charge in [0.15, 0.2) is 11.9 Å². The average Bonchev–Trinajstić information content (AvgIpc) is 3.51. The third kappa shape index (κ3) is 7.38. The van der Waals surface area contributed by atoms with Crippen molar-refractivity contribution in [1.29, 1.82) is 0 Å². The molecule has 0 bridgehead atoms. The van der Waals surface area contributed by atoms with Crippen LogP contribution in [-0.4, -0.2) is 62.2 Å². The first-order valence-corrected chi connectivity index (χ1v) is 13.6. The summed E-state index contributed by atoms with van der Waals surface area (Å²) in [4.78, 5) is 36.6. The molecule has 4 rings (SSSR count). The maximum absolute atomic E-state index is 12.4. The number of benzene rings is 2. The number of carbonyl (C=O) groups excluding carboxylic acids is 2. The van der Waals surface area contributed by atoms with Crippen LogP contribution in [0.4, 0.5) is 9.59 Å². The molecule has 0 saturated heterocycles. The van der Waals surface area contributed by atoms with Crippen LogP contribution in [0.1, 0.15) is 81.9 Å². The van der Waals surface area contributed by atoms with Gasteiger partial charge >= 0.3 is 18.2 Å². The summed E-state index contributed by atoms with van der Waals surface area (Å²) >= 11 is 0. The molecule has 12 heteroatoms. The highest BCUT2D eigenvalue weighted by Gasteiger charge is 2.30. The fourth-order valence-electron chi connectivity index (χ4n) is 4.91. The highest BCUT2D eigenvalue weighted by Crippen LogP contribution is 2.44. The van der Waals surface area contributed by atoms with Crippen LogP contribution in [-0.2, 0) is 14.3 Å². The van der Waals surface area contributed by atoms with Gasteiger partial charge in [-0.2, -0.15) is 0 Å². The van der Waals surface area contributed by atoms with E-state index in [-0.39, 0.29) is 24.8 Å². The number of carboxylic acid groups (broad SMARTS) is 1. The number of nitrogens with zero attached hydrogens (tertiary/aromatic N) is 4. The minimum Gasteiger partial charge on any atom is -0.480 e. The molecule has 0 saturated carbocycles. The van der Waals surface area contributed by atoms with Gasteiger partial charge in [0.25, 0.3) is 0 Å². The molecule has 0 unspecified atom stereocenters. The van der Waals surface area contributed by atoms with E-state index >= 15 is 0 Å². The summed E-state index contributed by atoms with van der Waals surface area (Å²) in [7, 11) is 0. The number of rotatable bonds is 11. The normalized spacial score (nSPS) is 14.0. The number of alkyl carbamates (subject to hydrolysis) is 2. The molecule has 2 aromatic carbocycles. The van der Waals surface area contributed by atoms with Crippen LogP contribution in [0, 0.1) is 0 Å². The Hall–Kier alpha value is -4.48. The lowest BCUT2D eigenvalue weighted by atomic mass is 9.98. The number of hydrogen-bond donors (Lipinski definition) is 3. The zero-order valence-electron chi connectivity index (χ0n) is 23.7. The van der Waals surface area contributed by atoms with Gasteiger partial charge in [-0.15, -0.1) is 5.10 Å². The number of nitrogens with one attached hydrogen (secondary N) is 2. The summed E-state index contributed by atoms with van der Waals surface area (Å²) in [5, 5.41) is 26.6. The number of carboxylic acids is 1. The van der Waals surface area contributed by atoms with Gasteiger partial charge in [-0.25, -0.2) is 19.1 Å². The predicted octanol–water partition coefficient (Wildman–Crippen LogP) is 4.59. The lowest BCUT2D eigenvalue weighted by Gasteiger charge is -2.22. The van der Waals surface area contributed by atoms with E-state index in [4.69, 9.17) is 9.47 Å². The van der Waals surface area contributed by atoms with E-state index in [9.17, 15) is 19.5 Å². The number of amides is 2. The Morgan fingerprint density at radius 2 is 1.63 bits per heavy atom. The van der Waals surface area contributed by atoms with E-state index in [2.05, 4.69) is 50.4 Å². The van der Waals surface area contributed by atoms with E-state index in [0.29, 0.717) is 19.4 Å². The van der Waals surface area contributed by atoms with Crippen LogP contribution in [0.5, 0.6) is 0 Å². The van der Waals surface area contributed by atoms with Gasteiger partial charge in [0.1, 0.15) is 12.2 Å². The van der Waals surface area contributed by atoms with E-state index in [1.807, 2.05) is 24.3 Å². The number of ether oxygens (including phenoxy) is 2. The number of unbranched alkanes of at least 4 members (excludes halogenated alkanes) is 1. The molecular formula is C29H36N6O6. The predicted molar refractivity (Wildman–Crippen MR) is 149 cm³/mol. The van der Waals surface area contributed by atoms with Crippen LogP contribution in [0.25, 0.3) is 11.1 Å². The highest BCUT2D eigenvalue weighted by atomic mass is 16.6. The van der Waals surface area contributed by atoms with Crippen LogP contribution in [0.15, 0.2) is 48.5 Å².